The molecule has 3 N–H and O–H groups in total. The molecule has 0 saturated carbocycles. The number of nitrogens with zero attached hydrogens (tertiary/aromatic N) is 2. The number of halogens is 4. The van der Waals surface area contributed by atoms with Gasteiger partial charge in [-0.05, 0) is 29.3 Å². The van der Waals surface area contributed by atoms with Crippen LogP contribution in [0.3, 0.4) is 0 Å². The highest BCUT2D eigenvalue weighted by atomic mass is 79.9. The van der Waals surface area contributed by atoms with Crippen LogP contribution >= 0.6 is 15.9 Å². The van der Waals surface area contributed by atoms with E-state index in [4.69, 9.17) is 5.73 Å². The van der Waals surface area contributed by atoms with Gasteiger partial charge in [0, 0.05) is 6.04 Å². The topological polar surface area (TPSA) is 72.9 Å². The summed E-state index contributed by atoms with van der Waals surface area (Å²) >= 11 is 3.05. The minimum Gasteiger partial charge on any atom is -0.367 e. The van der Waals surface area contributed by atoms with E-state index in [9.17, 15) is 18.0 Å². The molecule has 2 rings (SSSR count). The SMILES string of the molecule is CC1CC(C(F)(F)F)n2nc(C(N)=O)c(Br)c2N1. The molecule has 100 valence electrons. The van der Waals surface area contributed by atoms with E-state index in [2.05, 4.69) is 26.3 Å². The Kier molecular flexibility index (Phi) is 3.04. The second-order valence-electron chi connectivity index (χ2n) is 4.16. The van der Waals surface area contributed by atoms with Crippen molar-refractivity contribution < 1.29 is 18.0 Å². The van der Waals surface area contributed by atoms with E-state index >= 15 is 0 Å². The summed E-state index contributed by atoms with van der Waals surface area (Å²) in [5, 5.41) is 6.50. The third kappa shape index (κ3) is 2.06. The van der Waals surface area contributed by atoms with Crippen molar-refractivity contribution >= 4 is 27.7 Å². The Morgan fingerprint density at radius 1 is 1.61 bits per heavy atom. The number of fused-ring (bicyclic) bond motifs is 1. The first-order chi connectivity index (χ1) is 8.21. The van der Waals surface area contributed by atoms with E-state index in [1.54, 1.807) is 6.92 Å². The predicted molar refractivity (Wildman–Crippen MR) is 61.2 cm³/mol. The van der Waals surface area contributed by atoms with Crippen LogP contribution < -0.4 is 11.1 Å². The zero-order chi connectivity index (χ0) is 13.7. The molecule has 2 heterocycles. The molecule has 18 heavy (non-hydrogen) atoms. The van der Waals surface area contributed by atoms with Crippen LogP contribution in [0.15, 0.2) is 4.47 Å². The van der Waals surface area contributed by atoms with Crippen LogP contribution in [0.25, 0.3) is 0 Å². The fourth-order valence-corrected chi connectivity index (χ4v) is 2.50. The molecule has 0 radical (unpaired) electrons. The molecule has 0 fully saturated rings. The van der Waals surface area contributed by atoms with Gasteiger partial charge < -0.3 is 11.1 Å². The van der Waals surface area contributed by atoms with Crippen molar-refractivity contribution in [3.05, 3.63) is 10.2 Å². The van der Waals surface area contributed by atoms with Gasteiger partial charge in [0.2, 0.25) is 0 Å². The van der Waals surface area contributed by atoms with Gasteiger partial charge in [0.15, 0.2) is 11.7 Å². The summed E-state index contributed by atoms with van der Waals surface area (Å²) in [5.74, 6) is -0.746. The fraction of sp³-hybridized carbons (Fsp3) is 0.556. The molecular formula is C9H10BrF3N4O. The van der Waals surface area contributed by atoms with E-state index in [1.807, 2.05) is 0 Å². The zero-order valence-corrected chi connectivity index (χ0v) is 10.8. The maximum atomic E-state index is 12.9. The predicted octanol–water partition coefficient (Wildman–Crippen LogP) is 2.05. The van der Waals surface area contributed by atoms with Crippen molar-refractivity contribution in [2.45, 2.75) is 31.6 Å². The van der Waals surface area contributed by atoms with E-state index in [-0.39, 0.29) is 28.4 Å². The van der Waals surface area contributed by atoms with Crippen LogP contribution in [0, 0.1) is 0 Å². The van der Waals surface area contributed by atoms with Crippen LogP contribution in [0.4, 0.5) is 19.0 Å². The van der Waals surface area contributed by atoms with Gasteiger partial charge in [-0.2, -0.15) is 18.3 Å². The first kappa shape index (κ1) is 13.2. The minimum atomic E-state index is -4.43. The first-order valence-electron chi connectivity index (χ1n) is 5.13. The number of anilines is 1. The molecule has 9 heteroatoms. The van der Waals surface area contributed by atoms with Crippen LogP contribution in [0.2, 0.25) is 0 Å². The molecule has 0 saturated heterocycles. The number of nitrogens with two attached hydrogens (primary N) is 1. The number of alkyl halides is 3. The number of hydrogen-bond acceptors (Lipinski definition) is 3. The number of amides is 1. The standard InChI is InChI=1S/C9H10BrF3N4O/c1-3-2-4(9(11,12)13)17-8(15-3)5(10)6(16-17)7(14)18/h3-4,15H,2H2,1H3,(H2,14,18). The third-order valence-electron chi connectivity index (χ3n) is 2.72. The number of primary amides is 1. The highest BCUT2D eigenvalue weighted by molar-refractivity contribution is 9.10. The monoisotopic (exact) mass is 326 g/mol. The molecule has 2 atom stereocenters. The lowest BCUT2D eigenvalue weighted by atomic mass is 10.1. The molecule has 1 aromatic heterocycles. The van der Waals surface area contributed by atoms with Crippen LogP contribution in [0.1, 0.15) is 29.9 Å². The third-order valence-corrected chi connectivity index (χ3v) is 3.47. The average Bonchev–Trinajstić information content (AvgIpc) is 2.54. The van der Waals surface area contributed by atoms with Crippen molar-refractivity contribution in [3.8, 4) is 0 Å². The van der Waals surface area contributed by atoms with Gasteiger partial charge in [-0.25, -0.2) is 4.68 Å². The molecule has 0 aliphatic carbocycles. The van der Waals surface area contributed by atoms with Crippen LogP contribution in [-0.2, 0) is 0 Å². The van der Waals surface area contributed by atoms with Gasteiger partial charge in [0.05, 0.1) is 4.47 Å². The lowest BCUT2D eigenvalue weighted by Gasteiger charge is -2.31. The minimum absolute atomic E-state index is 0.130. The van der Waals surface area contributed by atoms with Gasteiger partial charge in [-0.3, -0.25) is 4.79 Å². The lowest BCUT2D eigenvalue weighted by Crippen LogP contribution is -2.38. The highest BCUT2D eigenvalue weighted by Gasteiger charge is 2.46. The summed E-state index contributed by atoms with van der Waals surface area (Å²) in [6.07, 6.45) is -4.58. The maximum Gasteiger partial charge on any atom is 0.410 e. The molecule has 0 spiro atoms. The van der Waals surface area contributed by atoms with E-state index in [0.717, 1.165) is 4.68 Å². The molecular weight excluding hydrogens is 317 g/mol. The lowest BCUT2D eigenvalue weighted by molar-refractivity contribution is -0.173. The van der Waals surface area contributed by atoms with Crippen molar-refractivity contribution in [2.24, 2.45) is 5.73 Å². The Hall–Kier alpha value is -1.25. The van der Waals surface area contributed by atoms with Gasteiger partial charge in [0.1, 0.15) is 5.82 Å². The van der Waals surface area contributed by atoms with Gasteiger partial charge in [-0.15, -0.1) is 0 Å². The molecule has 1 aliphatic heterocycles. The highest BCUT2D eigenvalue weighted by Crippen LogP contribution is 2.42. The molecule has 5 nitrogen and oxygen atoms in total. The molecule has 0 aromatic carbocycles. The summed E-state index contributed by atoms with van der Waals surface area (Å²) in [6.45, 7) is 1.63. The number of carbonyl (C=O) groups is 1. The summed E-state index contributed by atoms with van der Waals surface area (Å²) in [6, 6.07) is -2.13. The molecule has 0 bridgehead atoms. The smallest absolute Gasteiger partial charge is 0.367 e. The van der Waals surface area contributed by atoms with Gasteiger partial charge in [-0.1, -0.05) is 0 Å². The van der Waals surface area contributed by atoms with Gasteiger partial charge in [0.25, 0.3) is 5.91 Å². The average molecular weight is 327 g/mol. The second-order valence-corrected chi connectivity index (χ2v) is 4.95. The fourth-order valence-electron chi connectivity index (χ4n) is 1.93. The number of carbonyl (C=O) groups excluding carboxylic acids is 1. The normalized spacial score (nSPS) is 23.4. The number of aromatic nitrogens is 2. The summed E-state index contributed by atoms with van der Waals surface area (Å²) < 4.78 is 39.7. The Labute approximate surface area is 109 Å². The molecule has 1 aliphatic rings. The van der Waals surface area contributed by atoms with E-state index < -0.39 is 18.1 Å². The number of hydrogen-bond donors (Lipinski definition) is 2. The first-order valence-corrected chi connectivity index (χ1v) is 5.92. The quantitative estimate of drug-likeness (QED) is 0.829. The van der Waals surface area contributed by atoms with E-state index in [1.165, 1.54) is 0 Å². The van der Waals surface area contributed by atoms with Gasteiger partial charge >= 0.3 is 6.18 Å². The Morgan fingerprint density at radius 2 is 2.22 bits per heavy atom. The molecule has 1 amide bonds. The zero-order valence-electron chi connectivity index (χ0n) is 9.25. The largest absolute Gasteiger partial charge is 0.410 e. The number of rotatable bonds is 1. The van der Waals surface area contributed by atoms with Crippen LogP contribution in [0.5, 0.6) is 0 Å². The van der Waals surface area contributed by atoms with Crippen molar-refractivity contribution in [1.29, 1.82) is 0 Å². The Bertz CT molecular complexity index is 499. The van der Waals surface area contributed by atoms with Crippen LogP contribution in [-0.4, -0.2) is 27.9 Å². The Morgan fingerprint density at radius 3 is 2.72 bits per heavy atom. The molecule has 1 aromatic rings. The Balaban J connectivity index is 2.56. The van der Waals surface area contributed by atoms with E-state index in [0.29, 0.717) is 0 Å². The summed E-state index contributed by atoms with van der Waals surface area (Å²) in [4.78, 5) is 11.1. The van der Waals surface area contributed by atoms with Crippen molar-refractivity contribution in [2.75, 3.05) is 5.32 Å². The molecule has 2 unspecified atom stereocenters. The van der Waals surface area contributed by atoms with Crippen molar-refractivity contribution in [1.82, 2.24) is 9.78 Å². The second kappa shape index (κ2) is 4.15. The number of nitrogens with one attached hydrogen (secondary N) is 1. The van der Waals surface area contributed by atoms with Crippen molar-refractivity contribution in [3.63, 3.8) is 0 Å². The summed E-state index contributed by atoms with van der Waals surface area (Å²) in [7, 11) is 0. The summed E-state index contributed by atoms with van der Waals surface area (Å²) in [5.41, 5.74) is 4.85. The maximum absolute atomic E-state index is 12.9.